The number of hydrogen-bond donors (Lipinski definition) is 2. The lowest BCUT2D eigenvalue weighted by atomic mass is 9.86. The summed E-state index contributed by atoms with van der Waals surface area (Å²) in [5, 5.41) is 5.88. The minimum atomic E-state index is -0.318. The van der Waals surface area contributed by atoms with Gasteiger partial charge in [0.2, 0.25) is 0 Å². The van der Waals surface area contributed by atoms with E-state index in [2.05, 4.69) is 65.5 Å². The highest BCUT2D eigenvalue weighted by atomic mass is 19.1. The van der Waals surface area contributed by atoms with Gasteiger partial charge < -0.3 is 10.6 Å². The van der Waals surface area contributed by atoms with Crippen molar-refractivity contribution >= 4 is 11.7 Å². The summed E-state index contributed by atoms with van der Waals surface area (Å²) in [6, 6.07) is 15.3. The lowest BCUT2D eigenvalue weighted by Gasteiger charge is -2.43. The van der Waals surface area contributed by atoms with E-state index in [1.807, 2.05) is 0 Å². The maximum absolute atomic E-state index is 13.2. The van der Waals surface area contributed by atoms with Crippen molar-refractivity contribution < 1.29 is 9.18 Å². The third kappa shape index (κ3) is 7.05. The molecule has 190 valence electrons. The van der Waals surface area contributed by atoms with Gasteiger partial charge in [0.25, 0.3) is 0 Å². The Morgan fingerprint density at radius 2 is 1.57 bits per heavy atom. The molecule has 0 radical (unpaired) electrons. The zero-order valence-electron chi connectivity index (χ0n) is 21.5. The number of halogens is 1. The van der Waals surface area contributed by atoms with E-state index in [1.54, 1.807) is 12.1 Å². The Kier molecular flexibility index (Phi) is 8.45. The number of carbonyl (C=O) groups is 1. The fourth-order valence-electron chi connectivity index (χ4n) is 5.42. The van der Waals surface area contributed by atoms with Gasteiger partial charge in [-0.05, 0) is 53.6 Å². The van der Waals surface area contributed by atoms with Gasteiger partial charge in [0.1, 0.15) is 5.82 Å². The van der Waals surface area contributed by atoms with Crippen LogP contribution in [0.4, 0.5) is 14.9 Å². The van der Waals surface area contributed by atoms with Crippen LogP contribution in [-0.4, -0.2) is 54.6 Å². The molecule has 2 fully saturated rings. The fraction of sp³-hybridized carbons (Fsp3) is 0.552. The van der Waals surface area contributed by atoms with Crippen molar-refractivity contribution in [1.29, 1.82) is 0 Å². The molecule has 1 saturated carbocycles. The summed E-state index contributed by atoms with van der Waals surface area (Å²) in [7, 11) is 0. The molecule has 0 bridgehead atoms. The summed E-state index contributed by atoms with van der Waals surface area (Å²) < 4.78 is 13.2. The second-order valence-electron chi connectivity index (χ2n) is 11.1. The second-order valence-corrected chi connectivity index (χ2v) is 11.1. The first-order chi connectivity index (χ1) is 16.8. The highest BCUT2D eigenvalue weighted by Crippen LogP contribution is 2.29. The molecular formula is C29H41FN4O. The number of nitrogens with one attached hydrogen (secondary N) is 2. The van der Waals surface area contributed by atoms with Crippen LogP contribution in [0.2, 0.25) is 0 Å². The molecule has 1 unspecified atom stereocenters. The van der Waals surface area contributed by atoms with Crippen molar-refractivity contribution in [2.45, 2.75) is 70.4 Å². The Morgan fingerprint density at radius 3 is 2.17 bits per heavy atom. The molecule has 6 heteroatoms. The molecular weight excluding hydrogens is 439 g/mol. The van der Waals surface area contributed by atoms with Gasteiger partial charge in [-0.2, -0.15) is 0 Å². The topological polar surface area (TPSA) is 47.6 Å². The zero-order valence-corrected chi connectivity index (χ0v) is 21.5. The minimum Gasteiger partial charge on any atom is -0.336 e. The molecule has 2 amide bonds. The van der Waals surface area contributed by atoms with E-state index < -0.39 is 0 Å². The monoisotopic (exact) mass is 480 g/mol. The van der Waals surface area contributed by atoms with E-state index in [-0.39, 0.29) is 23.3 Å². The van der Waals surface area contributed by atoms with Crippen molar-refractivity contribution in [2.75, 3.05) is 38.0 Å². The number of nitrogens with zero attached hydrogens (tertiary/aromatic N) is 2. The highest BCUT2D eigenvalue weighted by Gasteiger charge is 2.29. The lowest BCUT2D eigenvalue weighted by Crippen LogP contribution is -2.53. The summed E-state index contributed by atoms with van der Waals surface area (Å²) >= 11 is 0. The van der Waals surface area contributed by atoms with Crippen molar-refractivity contribution in [3.05, 3.63) is 65.5 Å². The Labute approximate surface area is 210 Å². The molecule has 1 aliphatic carbocycles. The first-order valence-electron chi connectivity index (χ1n) is 13.2. The van der Waals surface area contributed by atoms with Crippen molar-refractivity contribution in [3.63, 3.8) is 0 Å². The quantitative estimate of drug-likeness (QED) is 0.538. The van der Waals surface area contributed by atoms with Crippen LogP contribution >= 0.6 is 0 Å². The molecule has 1 saturated heterocycles. The molecule has 2 aliphatic rings. The van der Waals surface area contributed by atoms with Gasteiger partial charge in [-0.1, -0.05) is 64.3 Å². The van der Waals surface area contributed by atoms with Crippen LogP contribution in [0.1, 0.15) is 70.0 Å². The number of rotatable bonds is 6. The molecule has 4 rings (SSSR count). The lowest BCUT2D eigenvalue weighted by molar-refractivity contribution is 0.0565. The van der Waals surface area contributed by atoms with Gasteiger partial charge >= 0.3 is 6.03 Å². The molecule has 5 nitrogen and oxygen atoms in total. The maximum atomic E-state index is 13.2. The normalized spacial score (nSPS) is 19.3. The largest absolute Gasteiger partial charge is 0.336 e. The minimum absolute atomic E-state index is 0.104. The van der Waals surface area contributed by atoms with Gasteiger partial charge in [0, 0.05) is 44.5 Å². The van der Waals surface area contributed by atoms with E-state index in [4.69, 9.17) is 0 Å². The highest BCUT2D eigenvalue weighted by molar-refractivity contribution is 5.89. The van der Waals surface area contributed by atoms with E-state index in [0.29, 0.717) is 12.2 Å². The average Bonchev–Trinajstić information content (AvgIpc) is 2.86. The van der Waals surface area contributed by atoms with Crippen LogP contribution in [0.15, 0.2) is 48.5 Å². The number of benzene rings is 2. The summed E-state index contributed by atoms with van der Waals surface area (Å²) in [5.41, 5.74) is 3.22. The van der Waals surface area contributed by atoms with Crippen molar-refractivity contribution in [1.82, 2.24) is 15.1 Å². The Hall–Kier alpha value is -2.44. The second kappa shape index (κ2) is 11.5. The number of urea groups is 1. The Bertz CT molecular complexity index is 940. The number of piperazine rings is 1. The summed E-state index contributed by atoms with van der Waals surface area (Å²) in [6.45, 7) is 11.4. The molecule has 0 aromatic heterocycles. The number of hydrogen-bond acceptors (Lipinski definition) is 3. The van der Waals surface area contributed by atoms with Crippen LogP contribution in [0.5, 0.6) is 0 Å². The van der Waals surface area contributed by atoms with Crippen molar-refractivity contribution in [2.24, 2.45) is 0 Å². The molecule has 2 aromatic rings. The summed E-state index contributed by atoms with van der Waals surface area (Å²) in [4.78, 5) is 17.8. The third-order valence-electron chi connectivity index (χ3n) is 7.60. The van der Waals surface area contributed by atoms with Gasteiger partial charge in [-0.25, -0.2) is 9.18 Å². The molecule has 0 spiro atoms. The standard InChI is InChI=1S/C29H41FN4O/c1-29(2,3)23-11-9-22(10-12-23)27(21-31-28(35)32-25-15-13-24(30)14-16-25)34-19-17-33(18-20-34)26-7-5-4-6-8-26/h9-16,26-27H,4-8,17-21H2,1-3H3,(H2,31,32,35). The molecule has 2 aromatic carbocycles. The first-order valence-corrected chi connectivity index (χ1v) is 13.2. The SMILES string of the molecule is CC(C)(C)c1ccc(C(CNC(=O)Nc2ccc(F)cc2)N2CCN(C3CCCCC3)CC2)cc1. The van der Waals surface area contributed by atoms with E-state index in [9.17, 15) is 9.18 Å². The van der Waals surface area contributed by atoms with Crippen molar-refractivity contribution in [3.8, 4) is 0 Å². The van der Waals surface area contributed by atoms with E-state index in [1.165, 1.54) is 55.4 Å². The van der Waals surface area contributed by atoms with Gasteiger partial charge in [0.15, 0.2) is 0 Å². The molecule has 1 aliphatic heterocycles. The maximum Gasteiger partial charge on any atom is 0.319 e. The molecule has 1 heterocycles. The van der Waals surface area contributed by atoms with E-state index >= 15 is 0 Å². The Morgan fingerprint density at radius 1 is 0.943 bits per heavy atom. The molecule has 35 heavy (non-hydrogen) atoms. The van der Waals surface area contributed by atoms with Crippen LogP contribution < -0.4 is 10.6 Å². The number of amides is 2. The average molecular weight is 481 g/mol. The van der Waals surface area contributed by atoms with E-state index in [0.717, 1.165) is 32.2 Å². The molecule has 1 atom stereocenters. The number of carbonyl (C=O) groups excluding carboxylic acids is 1. The molecule has 2 N–H and O–H groups in total. The summed E-state index contributed by atoms with van der Waals surface area (Å²) in [5.74, 6) is -0.318. The van der Waals surface area contributed by atoms with Gasteiger partial charge in [-0.15, -0.1) is 0 Å². The zero-order chi connectivity index (χ0) is 24.8. The van der Waals surface area contributed by atoms with Crippen LogP contribution in [0.25, 0.3) is 0 Å². The summed E-state index contributed by atoms with van der Waals surface area (Å²) in [6.07, 6.45) is 6.78. The van der Waals surface area contributed by atoms with Gasteiger partial charge in [-0.3, -0.25) is 9.80 Å². The Balaban J connectivity index is 1.42. The number of anilines is 1. The van der Waals surface area contributed by atoms with Gasteiger partial charge in [0.05, 0.1) is 6.04 Å². The predicted molar refractivity (Wildman–Crippen MR) is 141 cm³/mol. The van der Waals surface area contributed by atoms with Crippen LogP contribution in [0.3, 0.4) is 0 Å². The van der Waals surface area contributed by atoms with Crippen LogP contribution in [-0.2, 0) is 5.41 Å². The first kappa shape index (κ1) is 25.6. The third-order valence-corrected chi connectivity index (χ3v) is 7.60. The predicted octanol–water partition coefficient (Wildman–Crippen LogP) is 5.94. The smallest absolute Gasteiger partial charge is 0.319 e. The van der Waals surface area contributed by atoms with Crippen LogP contribution in [0, 0.1) is 5.82 Å². The fourth-order valence-corrected chi connectivity index (χ4v) is 5.42.